The fourth-order valence-electron chi connectivity index (χ4n) is 4.39. The minimum atomic E-state index is 1.01. The molecule has 0 amide bonds. The van der Waals surface area contributed by atoms with E-state index in [1.807, 2.05) is 0 Å². The summed E-state index contributed by atoms with van der Waals surface area (Å²) in [5.41, 5.74) is 7.13. The van der Waals surface area contributed by atoms with Crippen LogP contribution >= 0.6 is 0 Å². The maximum absolute atomic E-state index is 2.61. The van der Waals surface area contributed by atoms with Gasteiger partial charge in [0.05, 0.1) is 0 Å². The fraction of sp³-hybridized carbons (Fsp3) is 0.364. The zero-order valence-corrected chi connectivity index (χ0v) is 14.9. The Labute approximate surface area is 149 Å². The van der Waals surface area contributed by atoms with E-state index in [0.717, 1.165) is 13.0 Å². The Balaban J connectivity index is 1.44. The SMILES string of the molecule is CN1CCN(CCc2cccc3c2cc2n3Cc3ccccc3-2)CC1. The molecule has 3 heterocycles. The first-order chi connectivity index (χ1) is 12.3. The summed E-state index contributed by atoms with van der Waals surface area (Å²) in [6.45, 7) is 6.97. The average Bonchev–Trinajstić information content (AvgIpc) is 3.18. The van der Waals surface area contributed by atoms with E-state index >= 15 is 0 Å². The molecule has 3 nitrogen and oxygen atoms in total. The number of hydrogen-bond acceptors (Lipinski definition) is 2. The van der Waals surface area contributed by atoms with Crippen LogP contribution < -0.4 is 0 Å². The Morgan fingerprint density at radius 1 is 0.920 bits per heavy atom. The molecule has 2 aliphatic rings. The van der Waals surface area contributed by atoms with Gasteiger partial charge in [0, 0.05) is 61.4 Å². The summed E-state index contributed by atoms with van der Waals surface area (Å²) >= 11 is 0. The van der Waals surface area contributed by atoms with Gasteiger partial charge in [0.1, 0.15) is 0 Å². The Morgan fingerprint density at radius 3 is 2.64 bits per heavy atom. The topological polar surface area (TPSA) is 11.4 Å². The van der Waals surface area contributed by atoms with E-state index in [2.05, 4.69) is 69.9 Å². The third-order valence-corrected chi connectivity index (χ3v) is 5.95. The first kappa shape index (κ1) is 15.2. The van der Waals surface area contributed by atoms with Crippen LogP contribution in [0.25, 0.3) is 22.2 Å². The van der Waals surface area contributed by atoms with Crippen LogP contribution in [0.1, 0.15) is 11.1 Å². The van der Waals surface area contributed by atoms with Crippen molar-refractivity contribution in [2.45, 2.75) is 13.0 Å². The molecule has 3 aromatic rings. The molecule has 0 N–H and O–H groups in total. The molecule has 25 heavy (non-hydrogen) atoms. The summed E-state index contributed by atoms with van der Waals surface area (Å²) in [7, 11) is 2.22. The molecule has 0 bridgehead atoms. The van der Waals surface area contributed by atoms with E-state index in [-0.39, 0.29) is 0 Å². The van der Waals surface area contributed by atoms with Crippen molar-refractivity contribution in [1.29, 1.82) is 0 Å². The third kappa shape index (κ3) is 2.59. The lowest BCUT2D eigenvalue weighted by Gasteiger charge is -2.32. The van der Waals surface area contributed by atoms with Gasteiger partial charge < -0.3 is 14.4 Å². The van der Waals surface area contributed by atoms with Crippen LogP contribution in [0.2, 0.25) is 0 Å². The molecule has 3 heteroatoms. The van der Waals surface area contributed by atoms with Crippen molar-refractivity contribution >= 4 is 10.9 Å². The molecule has 0 aliphatic carbocycles. The molecule has 2 aliphatic heterocycles. The van der Waals surface area contributed by atoms with Gasteiger partial charge in [-0.25, -0.2) is 0 Å². The molecule has 0 spiro atoms. The minimum absolute atomic E-state index is 1.01. The number of hydrogen-bond donors (Lipinski definition) is 0. The first-order valence-electron chi connectivity index (χ1n) is 9.40. The molecule has 1 aromatic heterocycles. The van der Waals surface area contributed by atoms with Gasteiger partial charge >= 0.3 is 0 Å². The van der Waals surface area contributed by atoms with Crippen molar-refractivity contribution in [3.63, 3.8) is 0 Å². The van der Waals surface area contributed by atoms with Crippen LogP contribution in [-0.2, 0) is 13.0 Å². The maximum Gasteiger partial charge on any atom is 0.0498 e. The first-order valence-corrected chi connectivity index (χ1v) is 9.40. The highest BCUT2D eigenvalue weighted by molar-refractivity contribution is 5.91. The van der Waals surface area contributed by atoms with Crippen LogP contribution in [0.4, 0.5) is 0 Å². The van der Waals surface area contributed by atoms with E-state index in [4.69, 9.17) is 0 Å². The highest BCUT2D eigenvalue weighted by Gasteiger charge is 2.21. The van der Waals surface area contributed by atoms with Crippen molar-refractivity contribution in [2.24, 2.45) is 0 Å². The van der Waals surface area contributed by atoms with Crippen molar-refractivity contribution < 1.29 is 0 Å². The summed E-state index contributed by atoms with van der Waals surface area (Å²) in [6, 6.07) is 18.1. The van der Waals surface area contributed by atoms with Crippen molar-refractivity contribution in [2.75, 3.05) is 39.8 Å². The van der Waals surface area contributed by atoms with Crippen LogP contribution in [-0.4, -0.2) is 54.1 Å². The second-order valence-corrected chi connectivity index (χ2v) is 7.52. The summed E-state index contributed by atoms with van der Waals surface area (Å²) in [5.74, 6) is 0. The number of aromatic nitrogens is 1. The largest absolute Gasteiger partial charge is 0.336 e. The lowest BCUT2D eigenvalue weighted by Crippen LogP contribution is -2.45. The van der Waals surface area contributed by atoms with E-state index in [9.17, 15) is 0 Å². The van der Waals surface area contributed by atoms with Crippen molar-refractivity contribution in [3.05, 3.63) is 59.7 Å². The van der Waals surface area contributed by atoms with Gasteiger partial charge in [-0.3, -0.25) is 0 Å². The quantitative estimate of drug-likeness (QED) is 0.570. The van der Waals surface area contributed by atoms with Gasteiger partial charge in [0.15, 0.2) is 0 Å². The predicted molar refractivity (Wildman–Crippen MR) is 104 cm³/mol. The molecule has 0 unspecified atom stereocenters. The zero-order valence-electron chi connectivity index (χ0n) is 14.9. The van der Waals surface area contributed by atoms with E-state index < -0.39 is 0 Å². The van der Waals surface area contributed by atoms with Crippen LogP contribution in [0, 0.1) is 0 Å². The second-order valence-electron chi connectivity index (χ2n) is 7.52. The number of likely N-dealkylation sites (N-methyl/N-ethyl adjacent to an activating group) is 1. The average molecular weight is 331 g/mol. The number of rotatable bonds is 3. The van der Waals surface area contributed by atoms with Crippen molar-refractivity contribution in [1.82, 2.24) is 14.4 Å². The van der Waals surface area contributed by atoms with Crippen LogP contribution in [0.3, 0.4) is 0 Å². The Kier molecular flexibility index (Phi) is 3.65. The lowest BCUT2D eigenvalue weighted by molar-refractivity contribution is 0.155. The maximum atomic E-state index is 2.61. The van der Waals surface area contributed by atoms with E-state index in [1.54, 1.807) is 0 Å². The van der Waals surface area contributed by atoms with Crippen molar-refractivity contribution in [3.8, 4) is 11.3 Å². The van der Waals surface area contributed by atoms with Gasteiger partial charge in [-0.15, -0.1) is 0 Å². The molecule has 2 aromatic carbocycles. The molecular formula is C22H25N3. The van der Waals surface area contributed by atoms with Gasteiger partial charge in [-0.1, -0.05) is 36.4 Å². The second kappa shape index (κ2) is 6.01. The number of nitrogens with zero attached hydrogens (tertiary/aromatic N) is 3. The summed E-state index contributed by atoms with van der Waals surface area (Å²) in [4.78, 5) is 5.03. The molecule has 0 radical (unpaired) electrons. The molecule has 0 saturated carbocycles. The van der Waals surface area contributed by atoms with E-state index in [0.29, 0.717) is 0 Å². The standard InChI is InChI=1S/C22H25N3/c1-23-11-13-24(14-12-23)10-9-17-6-4-8-21-20(17)15-22-19-7-3-2-5-18(19)16-25(21)22/h2-8,15H,9-14,16H2,1H3. The van der Waals surface area contributed by atoms with Gasteiger partial charge in [0.25, 0.3) is 0 Å². The number of benzene rings is 2. The normalized spacial score (nSPS) is 17.8. The van der Waals surface area contributed by atoms with Gasteiger partial charge in [0.2, 0.25) is 0 Å². The number of fused-ring (bicyclic) bond motifs is 5. The highest BCUT2D eigenvalue weighted by atomic mass is 15.2. The molecule has 128 valence electrons. The van der Waals surface area contributed by atoms with Crippen LogP contribution in [0.5, 0.6) is 0 Å². The molecular weight excluding hydrogens is 306 g/mol. The summed E-state index contributed by atoms with van der Waals surface area (Å²) < 4.78 is 2.49. The summed E-state index contributed by atoms with van der Waals surface area (Å²) in [5, 5.41) is 1.45. The smallest absolute Gasteiger partial charge is 0.0498 e. The molecule has 1 saturated heterocycles. The van der Waals surface area contributed by atoms with Gasteiger partial charge in [-0.2, -0.15) is 0 Å². The Bertz CT molecular complexity index is 916. The fourth-order valence-corrected chi connectivity index (χ4v) is 4.39. The highest BCUT2D eigenvalue weighted by Crippen LogP contribution is 2.38. The molecule has 1 fully saturated rings. The Morgan fingerprint density at radius 2 is 1.76 bits per heavy atom. The van der Waals surface area contributed by atoms with Gasteiger partial charge in [-0.05, 0) is 36.7 Å². The predicted octanol–water partition coefficient (Wildman–Crippen LogP) is 3.46. The Hall–Kier alpha value is -2.10. The monoisotopic (exact) mass is 331 g/mol. The zero-order chi connectivity index (χ0) is 16.8. The minimum Gasteiger partial charge on any atom is -0.336 e. The lowest BCUT2D eigenvalue weighted by atomic mass is 10.0. The third-order valence-electron chi connectivity index (χ3n) is 5.95. The number of piperazine rings is 1. The van der Waals surface area contributed by atoms with Crippen LogP contribution in [0.15, 0.2) is 48.5 Å². The summed E-state index contributed by atoms with van der Waals surface area (Å²) in [6.07, 6.45) is 1.14. The molecule has 5 rings (SSSR count). The molecule has 0 atom stereocenters. The van der Waals surface area contributed by atoms with E-state index in [1.165, 1.54) is 66.0 Å².